The first kappa shape index (κ1) is 16.6. The van der Waals surface area contributed by atoms with Crippen molar-refractivity contribution in [3.8, 4) is 17.4 Å². The maximum Gasteiger partial charge on any atom is 0.135 e. The van der Waals surface area contributed by atoms with Crippen LogP contribution < -0.4 is 0 Å². The van der Waals surface area contributed by atoms with Crippen molar-refractivity contribution < 1.29 is 4.42 Å². The van der Waals surface area contributed by atoms with E-state index < -0.39 is 0 Å². The van der Waals surface area contributed by atoms with Crippen LogP contribution in [-0.2, 0) is 0 Å². The molecule has 0 radical (unpaired) electrons. The second kappa shape index (κ2) is 7.09. The minimum absolute atomic E-state index is 0.524. The third-order valence-corrected chi connectivity index (χ3v) is 4.49. The summed E-state index contributed by atoms with van der Waals surface area (Å²) in [6.07, 6.45) is 1.73. The van der Waals surface area contributed by atoms with Crippen LogP contribution >= 0.6 is 27.5 Å². The van der Waals surface area contributed by atoms with Crippen LogP contribution in [0.4, 0.5) is 0 Å². The van der Waals surface area contributed by atoms with Gasteiger partial charge in [0.2, 0.25) is 0 Å². The third kappa shape index (κ3) is 3.62. The van der Waals surface area contributed by atoms with Crippen LogP contribution in [0.25, 0.3) is 23.0 Å². The number of benzene rings is 2. The zero-order valence-corrected chi connectivity index (χ0v) is 15.2. The molecule has 3 aromatic rings. The second-order valence-corrected chi connectivity index (χ2v) is 6.65. The van der Waals surface area contributed by atoms with Crippen LogP contribution in [0, 0.1) is 18.3 Å². The molecule has 3 rings (SSSR count). The summed E-state index contributed by atoms with van der Waals surface area (Å²) in [4.78, 5) is 0. The summed E-state index contributed by atoms with van der Waals surface area (Å²) >= 11 is 9.45. The fourth-order valence-electron chi connectivity index (χ4n) is 2.35. The van der Waals surface area contributed by atoms with Crippen LogP contribution in [0.3, 0.4) is 0 Å². The van der Waals surface area contributed by atoms with Crippen molar-refractivity contribution in [1.82, 2.24) is 0 Å². The largest absolute Gasteiger partial charge is 0.457 e. The molecule has 0 saturated carbocycles. The summed E-state index contributed by atoms with van der Waals surface area (Å²) in [5.74, 6) is 1.38. The van der Waals surface area contributed by atoms with Gasteiger partial charge in [0.15, 0.2) is 0 Å². The number of nitrogens with zero attached hydrogens (tertiary/aromatic N) is 1. The van der Waals surface area contributed by atoms with Crippen molar-refractivity contribution in [2.24, 2.45) is 0 Å². The summed E-state index contributed by atoms with van der Waals surface area (Å²) in [5, 5.41) is 10.0. The van der Waals surface area contributed by atoms with E-state index in [0.29, 0.717) is 16.4 Å². The Kier molecular flexibility index (Phi) is 4.89. The number of rotatable bonds is 3. The molecule has 1 heterocycles. The molecule has 0 saturated heterocycles. The fourth-order valence-corrected chi connectivity index (χ4v) is 3.16. The van der Waals surface area contributed by atoms with Crippen LogP contribution in [0.1, 0.15) is 16.9 Å². The Morgan fingerprint density at radius 2 is 1.88 bits per heavy atom. The second-order valence-electron chi connectivity index (χ2n) is 5.36. The van der Waals surface area contributed by atoms with Gasteiger partial charge in [-0.15, -0.1) is 0 Å². The lowest BCUT2D eigenvalue weighted by Gasteiger charge is -2.02. The first-order valence-electron chi connectivity index (χ1n) is 7.31. The Morgan fingerprint density at radius 1 is 1.12 bits per heavy atom. The average molecular weight is 399 g/mol. The first-order valence-corrected chi connectivity index (χ1v) is 8.48. The van der Waals surface area contributed by atoms with Gasteiger partial charge in [0, 0.05) is 15.1 Å². The lowest BCUT2D eigenvalue weighted by molar-refractivity contribution is 0.571. The normalized spacial score (nSPS) is 11.3. The Balaban J connectivity index is 1.95. The molecule has 0 spiro atoms. The molecule has 4 heteroatoms. The van der Waals surface area contributed by atoms with Gasteiger partial charge in [0.05, 0.1) is 11.6 Å². The molecule has 0 aliphatic carbocycles. The molecule has 0 unspecified atom stereocenters. The van der Waals surface area contributed by atoms with E-state index in [-0.39, 0.29) is 0 Å². The van der Waals surface area contributed by atoms with Crippen molar-refractivity contribution in [3.63, 3.8) is 0 Å². The summed E-state index contributed by atoms with van der Waals surface area (Å²) in [7, 11) is 0. The van der Waals surface area contributed by atoms with Crippen molar-refractivity contribution in [2.45, 2.75) is 6.92 Å². The lowest BCUT2D eigenvalue weighted by Crippen LogP contribution is -1.81. The molecule has 0 N–H and O–H groups in total. The van der Waals surface area contributed by atoms with Gasteiger partial charge in [-0.3, -0.25) is 0 Å². The standard InChI is InChI=1S/C20H13BrClNO/c1-13-2-8-18(19(21)10-13)20-9-7-17(24-20)11-15(12-23)14-3-5-16(22)6-4-14/h2-11H,1H3/b15-11-. The number of nitriles is 1. The van der Waals surface area contributed by atoms with E-state index in [1.807, 2.05) is 49.4 Å². The smallest absolute Gasteiger partial charge is 0.135 e. The molecule has 0 atom stereocenters. The molecule has 24 heavy (non-hydrogen) atoms. The van der Waals surface area contributed by atoms with E-state index in [9.17, 15) is 5.26 Å². The highest BCUT2D eigenvalue weighted by Gasteiger charge is 2.09. The van der Waals surface area contributed by atoms with Crippen LogP contribution in [0.15, 0.2) is 63.5 Å². The molecular weight excluding hydrogens is 386 g/mol. The van der Waals surface area contributed by atoms with Gasteiger partial charge in [-0.2, -0.15) is 5.26 Å². The topological polar surface area (TPSA) is 36.9 Å². The van der Waals surface area contributed by atoms with Crippen LogP contribution in [0.5, 0.6) is 0 Å². The van der Waals surface area contributed by atoms with E-state index >= 15 is 0 Å². The van der Waals surface area contributed by atoms with Crippen molar-refractivity contribution in [2.75, 3.05) is 0 Å². The lowest BCUT2D eigenvalue weighted by atomic mass is 10.1. The van der Waals surface area contributed by atoms with Crippen molar-refractivity contribution >= 4 is 39.2 Å². The van der Waals surface area contributed by atoms with Gasteiger partial charge in [-0.25, -0.2) is 0 Å². The molecule has 1 aromatic heterocycles. The number of hydrogen-bond donors (Lipinski definition) is 0. The summed E-state index contributed by atoms with van der Waals surface area (Å²) in [5.41, 5.74) is 3.48. The SMILES string of the molecule is Cc1ccc(-c2ccc(/C=C(/C#N)c3ccc(Cl)cc3)o2)c(Br)c1. The van der Waals surface area contributed by atoms with Crippen molar-refractivity contribution in [1.29, 1.82) is 5.26 Å². The highest BCUT2D eigenvalue weighted by atomic mass is 79.9. The quantitative estimate of drug-likeness (QED) is 0.458. The van der Waals surface area contributed by atoms with E-state index in [1.165, 1.54) is 5.56 Å². The molecule has 2 aromatic carbocycles. The molecule has 0 aliphatic heterocycles. The molecule has 118 valence electrons. The van der Waals surface area contributed by atoms with Gasteiger partial charge in [0.25, 0.3) is 0 Å². The zero-order chi connectivity index (χ0) is 17.1. The minimum Gasteiger partial charge on any atom is -0.457 e. The zero-order valence-electron chi connectivity index (χ0n) is 12.9. The first-order chi connectivity index (χ1) is 11.6. The Hall–Kier alpha value is -2.28. The van der Waals surface area contributed by atoms with Crippen LogP contribution in [-0.4, -0.2) is 0 Å². The average Bonchev–Trinajstić information content (AvgIpc) is 3.02. The maximum atomic E-state index is 9.41. The van der Waals surface area contributed by atoms with E-state index in [2.05, 4.69) is 22.0 Å². The summed E-state index contributed by atoms with van der Waals surface area (Å²) < 4.78 is 6.86. The molecule has 0 amide bonds. The predicted molar refractivity (Wildman–Crippen MR) is 102 cm³/mol. The Bertz CT molecular complexity index is 949. The number of allylic oxidation sites excluding steroid dienone is 1. The number of furan rings is 1. The third-order valence-electron chi connectivity index (χ3n) is 3.58. The molecular formula is C20H13BrClNO. The monoisotopic (exact) mass is 397 g/mol. The van der Waals surface area contributed by atoms with E-state index in [4.69, 9.17) is 16.0 Å². The van der Waals surface area contributed by atoms with Crippen LogP contribution in [0.2, 0.25) is 5.02 Å². The van der Waals surface area contributed by atoms with Gasteiger partial charge < -0.3 is 4.42 Å². The molecule has 0 fully saturated rings. The predicted octanol–water partition coefficient (Wildman–Crippen LogP) is 6.74. The number of aryl methyl sites for hydroxylation is 1. The minimum atomic E-state index is 0.524. The number of hydrogen-bond acceptors (Lipinski definition) is 2. The Morgan fingerprint density at radius 3 is 2.54 bits per heavy atom. The summed E-state index contributed by atoms with van der Waals surface area (Å²) in [6.45, 7) is 2.04. The maximum absolute atomic E-state index is 9.41. The summed E-state index contributed by atoms with van der Waals surface area (Å²) in [6, 6.07) is 19.2. The highest BCUT2D eigenvalue weighted by Crippen LogP contribution is 2.31. The number of halogens is 2. The van der Waals surface area contributed by atoms with Gasteiger partial charge in [-0.05, 0) is 60.5 Å². The highest BCUT2D eigenvalue weighted by molar-refractivity contribution is 9.10. The van der Waals surface area contributed by atoms with Gasteiger partial charge in [0.1, 0.15) is 11.5 Å². The van der Waals surface area contributed by atoms with Gasteiger partial charge in [-0.1, -0.05) is 45.7 Å². The van der Waals surface area contributed by atoms with E-state index in [0.717, 1.165) is 21.4 Å². The van der Waals surface area contributed by atoms with Gasteiger partial charge >= 0.3 is 0 Å². The Labute approximate surface area is 154 Å². The molecule has 0 bridgehead atoms. The van der Waals surface area contributed by atoms with E-state index in [1.54, 1.807) is 18.2 Å². The van der Waals surface area contributed by atoms with Crippen molar-refractivity contribution in [3.05, 3.63) is 81.0 Å². The molecule has 0 aliphatic rings. The fraction of sp³-hybridized carbons (Fsp3) is 0.0500. The molecule has 2 nitrogen and oxygen atoms in total.